The van der Waals surface area contributed by atoms with Crippen LogP contribution in [-0.4, -0.2) is 12.1 Å². The van der Waals surface area contributed by atoms with Crippen molar-refractivity contribution in [2.24, 2.45) is 0 Å². The maximum atomic E-state index is 13.5. The summed E-state index contributed by atoms with van der Waals surface area (Å²) in [4.78, 5) is 13.5. The summed E-state index contributed by atoms with van der Waals surface area (Å²) in [6.45, 7) is 0. The van der Waals surface area contributed by atoms with Crippen molar-refractivity contribution in [2.45, 2.75) is 18.3 Å². The van der Waals surface area contributed by atoms with E-state index < -0.39 is 5.41 Å². The Bertz CT molecular complexity index is 777. The first-order valence-electron chi connectivity index (χ1n) is 8.86. The van der Waals surface area contributed by atoms with E-state index in [1.54, 1.807) is 0 Å². The lowest BCUT2D eigenvalue weighted by molar-refractivity contribution is -0.139. The molecule has 0 aromatic heterocycles. The highest BCUT2D eigenvalue weighted by Crippen LogP contribution is 2.38. The van der Waals surface area contributed by atoms with Crippen LogP contribution in [0.1, 0.15) is 24.0 Å². The summed E-state index contributed by atoms with van der Waals surface area (Å²) < 4.78 is 5.84. The zero-order chi connectivity index (χ0) is 18.2. The van der Waals surface area contributed by atoms with Gasteiger partial charge in [0, 0.05) is 0 Å². The van der Waals surface area contributed by atoms with Gasteiger partial charge in [0.25, 0.3) is 0 Å². The average molecular weight is 362 g/mol. The van der Waals surface area contributed by atoms with Crippen molar-refractivity contribution in [3.63, 3.8) is 0 Å². The molecule has 0 fully saturated rings. The number of esters is 1. The van der Waals surface area contributed by atoms with Crippen LogP contribution in [0.15, 0.2) is 91.0 Å². The average Bonchev–Trinajstić information content (AvgIpc) is 2.71. The zero-order valence-corrected chi connectivity index (χ0v) is 15.8. The molecule has 0 saturated heterocycles. The molecule has 3 rings (SSSR count). The molecule has 3 aromatic carbocycles. The number of para-hydroxylation sites is 1. The molecule has 2 nitrogen and oxygen atoms in total. The van der Waals surface area contributed by atoms with E-state index in [1.807, 2.05) is 91.0 Å². The van der Waals surface area contributed by atoms with Crippen LogP contribution < -0.4 is 4.74 Å². The van der Waals surface area contributed by atoms with Gasteiger partial charge in [-0.25, -0.2) is 0 Å². The Balaban J connectivity index is 2.11. The van der Waals surface area contributed by atoms with Gasteiger partial charge in [-0.15, -0.1) is 9.24 Å². The van der Waals surface area contributed by atoms with Crippen molar-refractivity contribution in [3.05, 3.63) is 102 Å². The Morgan fingerprint density at radius 2 is 1.23 bits per heavy atom. The van der Waals surface area contributed by atoms with Crippen molar-refractivity contribution in [1.82, 2.24) is 0 Å². The van der Waals surface area contributed by atoms with Crippen molar-refractivity contribution >= 4 is 15.2 Å². The Morgan fingerprint density at radius 1 is 0.769 bits per heavy atom. The summed E-state index contributed by atoms with van der Waals surface area (Å²) in [6.07, 6.45) is 2.52. The number of ether oxygens (including phenoxy) is 1. The van der Waals surface area contributed by atoms with Gasteiger partial charge in [-0.3, -0.25) is 4.79 Å². The predicted molar refractivity (Wildman–Crippen MR) is 110 cm³/mol. The number of carbonyl (C=O) groups excluding carboxylic acids is 1. The first-order valence-corrected chi connectivity index (χ1v) is 9.67. The van der Waals surface area contributed by atoms with Crippen LogP contribution in [0.5, 0.6) is 5.75 Å². The largest absolute Gasteiger partial charge is 0.426 e. The second kappa shape index (κ2) is 8.78. The quantitative estimate of drug-likeness (QED) is 0.327. The summed E-state index contributed by atoms with van der Waals surface area (Å²) in [5.41, 5.74) is 1.10. The molecular weight excluding hydrogens is 339 g/mol. The third-order valence-corrected chi connectivity index (χ3v) is 5.00. The molecule has 3 heteroatoms. The van der Waals surface area contributed by atoms with Crippen molar-refractivity contribution in [1.29, 1.82) is 0 Å². The van der Waals surface area contributed by atoms with E-state index in [1.165, 1.54) is 0 Å². The van der Waals surface area contributed by atoms with E-state index in [-0.39, 0.29) is 5.97 Å². The lowest BCUT2D eigenvalue weighted by Crippen LogP contribution is -2.40. The first-order chi connectivity index (χ1) is 12.8. The third-order valence-electron chi connectivity index (χ3n) is 4.59. The maximum Gasteiger partial charge on any atom is 0.326 e. The van der Waals surface area contributed by atoms with Gasteiger partial charge in [0.15, 0.2) is 0 Å². The molecule has 0 N–H and O–H groups in total. The van der Waals surface area contributed by atoms with Crippen LogP contribution in [0.2, 0.25) is 0 Å². The van der Waals surface area contributed by atoms with Crippen LogP contribution in [0.4, 0.5) is 0 Å². The highest BCUT2D eigenvalue weighted by molar-refractivity contribution is 7.16. The standard InChI is InChI=1S/C23H23O2P/c24-22(25-21-15-8-3-9-16-21)23(17-10-18-26,19-11-4-1-5-12-19)20-13-6-2-7-14-20/h1-9,11-16H,10,17-18,26H2. The van der Waals surface area contributed by atoms with Crippen LogP contribution >= 0.6 is 9.24 Å². The van der Waals surface area contributed by atoms with Gasteiger partial charge >= 0.3 is 5.97 Å². The number of hydrogen-bond donors (Lipinski definition) is 0. The van der Waals surface area contributed by atoms with Crippen molar-refractivity contribution in [2.75, 3.05) is 6.16 Å². The molecule has 0 aliphatic rings. The molecule has 132 valence electrons. The molecule has 0 heterocycles. The SMILES string of the molecule is O=C(Oc1ccccc1)C(CCCP)(c1ccccc1)c1ccccc1. The van der Waals surface area contributed by atoms with E-state index in [9.17, 15) is 4.79 Å². The van der Waals surface area contributed by atoms with Gasteiger partial charge < -0.3 is 4.74 Å². The Morgan fingerprint density at radius 3 is 1.69 bits per heavy atom. The number of benzene rings is 3. The predicted octanol–water partition coefficient (Wildman–Crippen LogP) is 5.23. The Labute approximate surface area is 157 Å². The number of hydrogen-bond acceptors (Lipinski definition) is 2. The summed E-state index contributed by atoms with van der Waals surface area (Å²) >= 11 is 0. The topological polar surface area (TPSA) is 26.3 Å². The summed E-state index contributed by atoms with van der Waals surface area (Å²) in [5, 5.41) is 0. The minimum atomic E-state index is -0.824. The highest BCUT2D eigenvalue weighted by Gasteiger charge is 2.43. The fourth-order valence-electron chi connectivity index (χ4n) is 3.29. The van der Waals surface area contributed by atoms with E-state index in [0.29, 0.717) is 12.2 Å². The molecule has 0 amide bonds. The van der Waals surface area contributed by atoms with Crippen LogP contribution in [-0.2, 0) is 10.2 Å². The number of rotatable bonds is 7. The molecule has 1 unspecified atom stereocenters. The molecule has 0 saturated carbocycles. The summed E-state index contributed by atoms with van der Waals surface area (Å²) in [7, 11) is 2.75. The van der Waals surface area contributed by atoms with Gasteiger partial charge in [0.2, 0.25) is 0 Å². The molecule has 0 bridgehead atoms. The second-order valence-electron chi connectivity index (χ2n) is 6.23. The zero-order valence-electron chi connectivity index (χ0n) is 14.7. The molecule has 26 heavy (non-hydrogen) atoms. The Hall–Kier alpha value is -2.44. The summed E-state index contributed by atoms with van der Waals surface area (Å²) in [5.74, 6) is 0.333. The van der Waals surface area contributed by atoms with Crippen LogP contribution in [0, 0.1) is 0 Å². The third kappa shape index (κ3) is 3.86. The molecule has 1 atom stereocenters. The lowest BCUT2D eigenvalue weighted by atomic mass is 9.71. The van der Waals surface area contributed by atoms with Gasteiger partial charge in [0.1, 0.15) is 11.2 Å². The van der Waals surface area contributed by atoms with Crippen molar-refractivity contribution < 1.29 is 9.53 Å². The molecular formula is C23H23O2P. The monoisotopic (exact) mass is 362 g/mol. The van der Waals surface area contributed by atoms with Gasteiger partial charge in [-0.05, 0) is 42.3 Å². The molecule has 0 radical (unpaired) electrons. The molecule has 3 aromatic rings. The molecule has 0 aliphatic carbocycles. The van der Waals surface area contributed by atoms with Gasteiger partial charge in [-0.1, -0.05) is 78.9 Å². The van der Waals surface area contributed by atoms with E-state index in [2.05, 4.69) is 9.24 Å². The fraction of sp³-hybridized carbons (Fsp3) is 0.174. The van der Waals surface area contributed by atoms with Crippen LogP contribution in [0.3, 0.4) is 0 Å². The Kier molecular flexibility index (Phi) is 6.20. The summed E-state index contributed by atoms with van der Waals surface area (Å²) in [6, 6.07) is 29.2. The van der Waals surface area contributed by atoms with E-state index in [0.717, 1.165) is 23.7 Å². The van der Waals surface area contributed by atoms with Gasteiger partial charge in [0.05, 0.1) is 0 Å². The highest BCUT2D eigenvalue weighted by atomic mass is 31.0. The minimum absolute atomic E-state index is 0.237. The molecule has 0 aliphatic heterocycles. The smallest absolute Gasteiger partial charge is 0.326 e. The first kappa shape index (κ1) is 18.4. The second-order valence-corrected chi connectivity index (χ2v) is 6.81. The minimum Gasteiger partial charge on any atom is -0.426 e. The normalized spacial score (nSPS) is 11.1. The lowest BCUT2D eigenvalue weighted by Gasteiger charge is -2.32. The maximum absolute atomic E-state index is 13.5. The van der Waals surface area contributed by atoms with Crippen molar-refractivity contribution in [3.8, 4) is 5.75 Å². The van der Waals surface area contributed by atoms with E-state index in [4.69, 9.17) is 4.74 Å². The van der Waals surface area contributed by atoms with Gasteiger partial charge in [-0.2, -0.15) is 0 Å². The van der Waals surface area contributed by atoms with Crippen LogP contribution in [0.25, 0.3) is 0 Å². The van der Waals surface area contributed by atoms with E-state index >= 15 is 0 Å². The molecule has 0 spiro atoms. The fourth-order valence-corrected chi connectivity index (χ4v) is 3.49. The number of carbonyl (C=O) groups is 1.